The number of amidine groups is 1. The largest absolute Gasteiger partial charge is 0.459 e. The number of nitrogens with zero attached hydrogens (tertiary/aromatic N) is 2. The lowest BCUT2D eigenvalue weighted by Gasteiger charge is -2.37. The summed E-state index contributed by atoms with van der Waals surface area (Å²) in [4.78, 5) is 22.2. The number of hydrogen-bond acceptors (Lipinski definition) is 4. The lowest BCUT2D eigenvalue weighted by atomic mass is 9.79. The number of ether oxygens (including phenoxy) is 1. The maximum absolute atomic E-state index is 14.5. The van der Waals surface area contributed by atoms with Crippen LogP contribution in [0.5, 0.6) is 0 Å². The molecule has 0 amide bonds. The molecule has 0 fully saturated rings. The van der Waals surface area contributed by atoms with Crippen molar-refractivity contribution < 1.29 is 9.53 Å². The van der Waals surface area contributed by atoms with Gasteiger partial charge in [-0.05, 0) is 22.3 Å². The number of carbonyl (C=O) groups is 1. The lowest BCUT2D eigenvalue weighted by molar-refractivity contribution is -0.153. The molecular formula is C36H30N2O2. The van der Waals surface area contributed by atoms with E-state index in [0.717, 1.165) is 33.7 Å². The van der Waals surface area contributed by atoms with Crippen LogP contribution in [-0.4, -0.2) is 16.7 Å². The van der Waals surface area contributed by atoms with E-state index >= 15 is 0 Å². The molecule has 0 radical (unpaired) electrons. The van der Waals surface area contributed by atoms with Gasteiger partial charge in [-0.15, -0.1) is 0 Å². The van der Waals surface area contributed by atoms with Crippen LogP contribution in [0.1, 0.15) is 33.9 Å². The van der Waals surface area contributed by atoms with Gasteiger partial charge in [-0.3, -0.25) is 0 Å². The van der Waals surface area contributed by atoms with E-state index < -0.39 is 11.6 Å². The molecular weight excluding hydrogens is 492 g/mol. The molecule has 1 aliphatic rings. The highest BCUT2D eigenvalue weighted by Gasteiger charge is 2.57. The fraction of sp³-hybridized carbons (Fsp3) is 0.111. The Morgan fingerprint density at radius 2 is 1.15 bits per heavy atom. The molecule has 40 heavy (non-hydrogen) atoms. The zero-order valence-corrected chi connectivity index (χ0v) is 22.1. The number of aliphatic imine (C=N–C) groups is 1. The Bertz CT molecular complexity index is 1570. The number of carbonyl (C=O) groups excluding carboxylic acids is 1. The number of esters is 1. The minimum absolute atomic E-state index is 0.171. The third kappa shape index (κ3) is 4.92. The zero-order valence-electron chi connectivity index (χ0n) is 22.1. The average molecular weight is 523 g/mol. The van der Waals surface area contributed by atoms with Crippen LogP contribution >= 0.6 is 0 Å². The van der Waals surface area contributed by atoms with Crippen LogP contribution in [0.25, 0.3) is 0 Å². The van der Waals surface area contributed by atoms with Gasteiger partial charge in [0, 0.05) is 12.1 Å². The quantitative estimate of drug-likeness (QED) is 0.200. The summed E-state index contributed by atoms with van der Waals surface area (Å²) in [7, 11) is 0. The van der Waals surface area contributed by atoms with Crippen molar-refractivity contribution in [2.75, 3.05) is 0 Å². The standard InChI is InChI=1S/C36H30N2O2/c39-35(40-27-29-18-8-2-9-19-29)36(32-24-14-5-15-25-32)33(30-20-10-3-11-21-30)38(26-28-16-6-1-7-17-28)34(37-36)31-22-12-4-13-23-31/h1-25,33H,26-27H2. The predicted octanol–water partition coefficient (Wildman–Crippen LogP) is 7.33. The summed E-state index contributed by atoms with van der Waals surface area (Å²) in [6.07, 6.45) is 0. The van der Waals surface area contributed by atoms with Crippen molar-refractivity contribution in [2.24, 2.45) is 4.99 Å². The fourth-order valence-electron chi connectivity index (χ4n) is 5.48. The molecule has 0 bridgehead atoms. The lowest BCUT2D eigenvalue weighted by Crippen LogP contribution is -2.44. The molecule has 5 aromatic rings. The van der Waals surface area contributed by atoms with E-state index in [1.807, 2.05) is 115 Å². The molecule has 196 valence electrons. The van der Waals surface area contributed by atoms with E-state index in [-0.39, 0.29) is 12.6 Å². The first-order valence-electron chi connectivity index (χ1n) is 13.5. The third-order valence-electron chi connectivity index (χ3n) is 7.34. The van der Waals surface area contributed by atoms with Crippen LogP contribution in [0, 0.1) is 0 Å². The van der Waals surface area contributed by atoms with Crippen molar-refractivity contribution in [3.8, 4) is 0 Å². The van der Waals surface area contributed by atoms with Gasteiger partial charge in [-0.25, -0.2) is 9.79 Å². The monoisotopic (exact) mass is 522 g/mol. The second kappa shape index (κ2) is 11.4. The SMILES string of the molecule is O=C(OCc1ccccc1)C1(c2ccccc2)N=C(c2ccccc2)N(Cc2ccccc2)C1c1ccccc1. The van der Waals surface area contributed by atoms with E-state index in [2.05, 4.69) is 41.3 Å². The van der Waals surface area contributed by atoms with Gasteiger partial charge in [0.2, 0.25) is 5.54 Å². The zero-order chi connectivity index (χ0) is 27.2. The highest BCUT2D eigenvalue weighted by Crippen LogP contribution is 2.50. The number of rotatable bonds is 8. The molecule has 0 aromatic heterocycles. The van der Waals surface area contributed by atoms with Crippen LogP contribution in [-0.2, 0) is 28.2 Å². The van der Waals surface area contributed by atoms with Gasteiger partial charge in [0.05, 0.1) is 6.04 Å². The van der Waals surface area contributed by atoms with E-state index in [4.69, 9.17) is 9.73 Å². The van der Waals surface area contributed by atoms with Crippen LogP contribution in [0.3, 0.4) is 0 Å². The Kier molecular flexibility index (Phi) is 7.23. The van der Waals surface area contributed by atoms with Crippen LogP contribution < -0.4 is 0 Å². The molecule has 4 heteroatoms. The highest BCUT2D eigenvalue weighted by molar-refractivity contribution is 6.04. The van der Waals surface area contributed by atoms with Crippen molar-refractivity contribution in [2.45, 2.75) is 24.7 Å². The first-order chi connectivity index (χ1) is 19.8. The molecule has 0 spiro atoms. The summed E-state index contributed by atoms with van der Waals surface area (Å²) >= 11 is 0. The normalized spacial score (nSPS) is 18.2. The second-order valence-corrected chi connectivity index (χ2v) is 9.92. The van der Waals surface area contributed by atoms with Crippen LogP contribution in [0.15, 0.2) is 157 Å². The molecule has 6 rings (SSSR count). The summed E-state index contributed by atoms with van der Waals surface area (Å²) in [6, 6.07) is 49.8. The maximum atomic E-state index is 14.5. The van der Waals surface area contributed by atoms with Gasteiger partial charge in [0.1, 0.15) is 12.4 Å². The van der Waals surface area contributed by atoms with Crippen molar-refractivity contribution in [1.82, 2.24) is 4.90 Å². The molecule has 4 nitrogen and oxygen atoms in total. The van der Waals surface area contributed by atoms with Crippen molar-refractivity contribution >= 4 is 11.8 Å². The van der Waals surface area contributed by atoms with E-state index in [1.54, 1.807) is 0 Å². The Labute approximate surface area is 235 Å². The van der Waals surface area contributed by atoms with Gasteiger partial charge in [0.25, 0.3) is 0 Å². The Morgan fingerprint density at radius 3 is 1.75 bits per heavy atom. The van der Waals surface area contributed by atoms with Gasteiger partial charge in [-0.1, -0.05) is 152 Å². The topological polar surface area (TPSA) is 41.9 Å². The van der Waals surface area contributed by atoms with E-state index in [0.29, 0.717) is 6.54 Å². The summed E-state index contributed by atoms with van der Waals surface area (Å²) < 4.78 is 6.13. The summed E-state index contributed by atoms with van der Waals surface area (Å²) in [5.41, 5.74) is 3.49. The smallest absolute Gasteiger partial charge is 0.341 e. The highest BCUT2D eigenvalue weighted by atomic mass is 16.5. The first-order valence-corrected chi connectivity index (χ1v) is 13.5. The van der Waals surface area contributed by atoms with Crippen molar-refractivity contribution in [3.63, 3.8) is 0 Å². The molecule has 1 aliphatic heterocycles. The maximum Gasteiger partial charge on any atom is 0.341 e. The Balaban J connectivity index is 1.56. The molecule has 0 N–H and O–H groups in total. The minimum Gasteiger partial charge on any atom is -0.459 e. The molecule has 0 saturated heterocycles. The number of hydrogen-bond donors (Lipinski definition) is 0. The summed E-state index contributed by atoms with van der Waals surface area (Å²) in [5, 5.41) is 0. The van der Waals surface area contributed by atoms with Crippen molar-refractivity contribution in [3.05, 3.63) is 179 Å². The van der Waals surface area contributed by atoms with Gasteiger partial charge in [-0.2, -0.15) is 0 Å². The van der Waals surface area contributed by atoms with E-state index in [1.165, 1.54) is 0 Å². The Morgan fingerprint density at radius 1 is 0.650 bits per heavy atom. The molecule has 2 unspecified atom stereocenters. The first kappa shape index (κ1) is 25.3. The third-order valence-corrected chi connectivity index (χ3v) is 7.34. The molecule has 0 aliphatic carbocycles. The fourth-order valence-corrected chi connectivity index (χ4v) is 5.48. The average Bonchev–Trinajstić information content (AvgIpc) is 3.38. The van der Waals surface area contributed by atoms with Gasteiger partial charge >= 0.3 is 5.97 Å². The second-order valence-electron chi connectivity index (χ2n) is 9.92. The Hall–Kier alpha value is -4.96. The predicted molar refractivity (Wildman–Crippen MR) is 159 cm³/mol. The number of benzene rings is 5. The summed E-state index contributed by atoms with van der Waals surface area (Å²) in [5.74, 6) is 0.388. The van der Waals surface area contributed by atoms with E-state index in [9.17, 15) is 4.79 Å². The van der Waals surface area contributed by atoms with Crippen molar-refractivity contribution in [1.29, 1.82) is 0 Å². The summed E-state index contributed by atoms with van der Waals surface area (Å²) in [6.45, 7) is 0.749. The molecule has 0 saturated carbocycles. The molecule has 5 aromatic carbocycles. The molecule has 2 atom stereocenters. The van der Waals surface area contributed by atoms with Gasteiger partial charge < -0.3 is 9.64 Å². The minimum atomic E-state index is -1.32. The van der Waals surface area contributed by atoms with Crippen LogP contribution in [0.2, 0.25) is 0 Å². The molecule has 1 heterocycles. The van der Waals surface area contributed by atoms with Crippen LogP contribution in [0.4, 0.5) is 0 Å². The van der Waals surface area contributed by atoms with Gasteiger partial charge in [0.15, 0.2) is 0 Å².